The van der Waals surface area contributed by atoms with Gasteiger partial charge in [-0.1, -0.05) is 137 Å². The van der Waals surface area contributed by atoms with Crippen LogP contribution in [0, 0.1) is 22.7 Å². The lowest BCUT2D eigenvalue weighted by atomic mass is 9.65. The number of amides is 2. The Morgan fingerprint density at radius 1 is 0.762 bits per heavy atom. The van der Waals surface area contributed by atoms with Gasteiger partial charge in [0.05, 0.1) is 11.4 Å². The number of anilines is 2. The zero-order valence-corrected chi connectivity index (χ0v) is 27.6. The summed E-state index contributed by atoms with van der Waals surface area (Å²) >= 11 is 0. The monoisotopic (exact) mass is 576 g/mol. The molecule has 0 aliphatic carbocycles. The summed E-state index contributed by atoms with van der Waals surface area (Å²) in [5.41, 5.74) is 12.6. The molecule has 1 radical (unpaired) electrons. The van der Waals surface area contributed by atoms with E-state index >= 15 is 0 Å². The summed E-state index contributed by atoms with van der Waals surface area (Å²) in [6.07, 6.45) is 14.4. The quantitative estimate of drug-likeness (QED) is 0.126. The van der Waals surface area contributed by atoms with E-state index in [4.69, 9.17) is 5.73 Å². The minimum Gasteiger partial charge on any atom is -0.273 e. The van der Waals surface area contributed by atoms with Gasteiger partial charge in [0.15, 0.2) is 0 Å². The first-order valence-corrected chi connectivity index (χ1v) is 16.5. The van der Waals surface area contributed by atoms with Crippen molar-refractivity contribution in [2.75, 3.05) is 5.01 Å². The van der Waals surface area contributed by atoms with Gasteiger partial charge in [0.25, 0.3) is 5.91 Å². The first kappa shape index (κ1) is 35.4. The highest BCUT2D eigenvalue weighted by Crippen LogP contribution is 2.44. The van der Waals surface area contributed by atoms with Gasteiger partial charge in [0.1, 0.15) is 0 Å². The fourth-order valence-corrected chi connectivity index (χ4v) is 5.78. The Bertz CT molecular complexity index is 1080. The number of hydrazine groups is 1. The number of rotatable bonds is 20. The molecule has 42 heavy (non-hydrogen) atoms. The predicted octanol–water partition coefficient (Wildman–Crippen LogP) is 10.3. The van der Waals surface area contributed by atoms with Crippen molar-refractivity contribution in [2.45, 2.75) is 126 Å². The van der Waals surface area contributed by atoms with Gasteiger partial charge in [-0.25, -0.2) is 0 Å². The smallest absolute Gasteiger partial charge is 0.269 e. The number of carbonyl (C=O) groups is 2. The van der Waals surface area contributed by atoms with E-state index in [0.29, 0.717) is 17.2 Å². The van der Waals surface area contributed by atoms with Crippen LogP contribution in [0.15, 0.2) is 54.6 Å². The van der Waals surface area contributed by atoms with Crippen LogP contribution in [0.1, 0.15) is 136 Å². The molecule has 0 aliphatic rings. The average molecular weight is 577 g/mol. The van der Waals surface area contributed by atoms with Gasteiger partial charge >= 0.3 is 0 Å². The molecule has 2 atom stereocenters. The molecule has 2 amide bonds. The van der Waals surface area contributed by atoms with Crippen LogP contribution >= 0.6 is 0 Å². The molecule has 0 aromatic heterocycles. The van der Waals surface area contributed by atoms with E-state index in [1.165, 1.54) is 51.4 Å². The molecule has 0 spiro atoms. The summed E-state index contributed by atoms with van der Waals surface area (Å²) in [6.45, 7) is 15.9. The lowest BCUT2D eigenvalue weighted by molar-refractivity contribution is -0.130. The summed E-state index contributed by atoms with van der Waals surface area (Å²) in [4.78, 5) is 26.2. The highest BCUT2D eigenvalue weighted by Gasteiger charge is 2.39. The molecule has 0 fully saturated rings. The van der Waals surface area contributed by atoms with E-state index in [2.05, 4.69) is 53.9 Å². The van der Waals surface area contributed by atoms with Gasteiger partial charge < -0.3 is 0 Å². The number of hydrogen-bond acceptors (Lipinski definition) is 3. The van der Waals surface area contributed by atoms with Crippen molar-refractivity contribution in [3.05, 3.63) is 60.2 Å². The highest BCUT2D eigenvalue weighted by atomic mass is 16.2. The van der Waals surface area contributed by atoms with Crippen LogP contribution in [-0.4, -0.2) is 11.8 Å². The Morgan fingerprint density at radius 3 is 1.90 bits per heavy atom. The first-order valence-electron chi connectivity index (χ1n) is 16.5. The number of unbranched alkanes of at least 4 members (excludes halogenated alkanes) is 7. The topological polar surface area (TPSA) is 73.2 Å². The predicted molar refractivity (Wildman–Crippen MR) is 178 cm³/mol. The maximum absolute atomic E-state index is 14.3. The van der Waals surface area contributed by atoms with Crippen molar-refractivity contribution < 1.29 is 9.59 Å². The first-order chi connectivity index (χ1) is 20.0. The number of carbonyl (C=O) groups excluding carboxylic acids is 2. The summed E-state index contributed by atoms with van der Waals surface area (Å²) in [5.74, 6) is -0.480. The van der Waals surface area contributed by atoms with E-state index in [-0.39, 0.29) is 22.7 Å². The van der Waals surface area contributed by atoms with Crippen LogP contribution in [0.4, 0.5) is 11.4 Å². The molecule has 2 unspecified atom stereocenters. The molecule has 0 aliphatic heterocycles. The van der Waals surface area contributed by atoms with Crippen molar-refractivity contribution >= 4 is 23.2 Å². The average Bonchev–Trinajstić information content (AvgIpc) is 2.98. The van der Waals surface area contributed by atoms with Crippen LogP contribution in [-0.2, 0) is 4.79 Å². The van der Waals surface area contributed by atoms with E-state index in [1.54, 1.807) is 23.2 Å². The third-order valence-corrected chi connectivity index (χ3v) is 9.72. The summed E-state index contributed by atoms with van der Waals surface area (Å²) in [7, 11) is 0. The molecule has 233 valence electrons. The summed E-state index contributed by atoms with van der Waals surface area (Å²) < 4.78 is 0. The van der Waals surface area contributed by atoms with Crippen LogP contribution < -0.4 is 16.2 Å². The zero-order chi connectivity index (χ0) is 31.2. The molecule has 5 nitrogen and oxygen atoms in total. The third kappa shape index (κ3) is 10.8. The Kier molecular flexibility index (Phi) is 14.6. The maximum Gasteiger partial charge on any atom is 0.269 e. The number of nitrogens with zero attached hydrogens (tertiary/aromatic N) is 1. The second-order valence-electron chi connectivity index (χ2n) is 13.5. The summed E-state index contributed by atoms with van der Waals surface area (Å²) in [6, 6.07) is 16.6. The van der Waals surface area contributed by atoms with Crippen LogP contribution in [0.25, 0.3) is 0 Å². The molecular weight excluding hydrogens is 518 g/mol. The largest absolute Gasteiger partial charge is 0.273 e. The van der Waals surface area contributed by atoms with Gasteiger partial charge in [-0.2, -0.15) is 0 Å². The Hall–Kier alpha value is -2.82. The van der Waals surface area contributed by atoms with E-state index in [9.17, 15) is 9.59 Å². The normalized spacial score (nSPS) is 13.4. The molecule has 5 heteroatoms. The Labute approximate surface area is 257 Å². The standard InChI is InChI=1S/C37H58N3O2/c1-8-11-12-13-14-15-16-18-23-30(36(4,5)9-2)28-33(37(6,7)10-3)35(42)39-40(31-24-19-17-20-25-31)32-26-21-22-29(27-32)34(38)41/h17,19-22,24-27,30,33,38H,8-16,18,23,28H2,1-7H3,(H,39,42). The molecule has 2 aromatic carbocycles. The molecule has 2 N–H and O–H groups in total. The van der Waals surface area contributed by atoms with Gasteiger partial charge in [0.2, 0.25) is 5.91 Å². The van der Waals surface area contributed by atoms with Gasteiger partial charge in [-0.3, -0.25) is 25.8 Å². The van der Waals surface area contributed by atoms with Crippen molar-refractivity contribution in [1.29, 1.82) is 0 Å². The third-order valence-electron chi connectivity index (χ3n) is 9.72. The maximum atomic E-state index is 14.3. The van der Waals surface area contributed by atoms with Crippen molar-refractivity contribution in [1.82, 2.24) is 11.2 Å². The molecule has 2 rings (SSSR count). The molecule has 2 aromatic rings. The van der Waals surface area contributed by atoms with Crippen molar-refractivity contribution in [2.24, 2.45) is 22.7 Å². The van der Waals surface area contributed by atoms with E-state index < -0.39 is 5.91 Å². The molecule has 0 bridgehead atoms. The number of hydrogen-bond donors (Lipinski definition) is 1. The van der Waals surface area contributed by atoms with Gasteiger partial charge in [-0.15, -0.1) is 0 Å². The fourth-order valence-electron chi connectivity index (χ4n) is 5.78. The minimum atomic E-state index is -0.744. The van der Waals surface area contributed by atoms with Gasteiger partial charge in [0, 0.05) is 11.5 Å². The van der Waals surface area contributed by atoms with Crippen LogP contribution in [0.2, 0.25) is 0 Å². The van der Waals surface area contributed by atoms with Crippen molar-refractivity contribution in [3.8, 4) is 0 Å². The number of benzene rings is 2. The molecule has 0 saturated carbocycles. The fraction of sp³-hybridized carbons (Fsp3) is 0.622. The van der Waals surface area contributed by atoms with E-state index in [1.807, 2.05) is 36.4 Å². The molecule has 0 saturated heterocycles. The highest BCUT2D eigenvalue weighted by molar-refractivity contribution is 5.93. The van der Waals surface area contributed by atoms with Gasteiger partial charge in [-0.05, 0) is 59.9 Å². The Balaban J connectivity index is 2.30. The summed E-state index contributed by atoms with van der Waals surface area (Å²) in [5, 5.41) is 1.77. The second kappa shape index (κ2) is 17.3. The Morgan fingerprint density at radius 2 is 1.33 bits per heavy atom. The minimum absolute atomic E-state index is 0.00105. The lowest BCUT2D eigenvalue weighted by Gasteiger charge is -2.41. The van der Waals surface area contributed by atoms with E-state index in [0.717, 1.165) is 31.4 Å². The molecule has 0 heterocycles. The SMILES string of the molecule is CCCCCCCCCCC(CC(C(=O)NN(c1ccccc1)c1cccc(C([NH])=O)c1)C(C)(C)CC)C(C)(C)CC. The zero-order valence-electron chi connectivity index (χ0n) is 27.6. The second-order valence-corrected chi connectivity index (χ2v) is 13.5. The number of nitrogens with one attached hydrogen (secondary N) is 2. The van der Waals surface area contributed by atoms with Crippen LogP contribution in [0.3, 0.4) is 0 Å². The lowest BCUT2D eigenvalue weighted by Crippen LogP contribution is -2.47. The number of para-hydroxylation sites is 1. The van der Waals surface area contributed by atoms with Crippen LogP contribution in [0.5, 0.6) is 0 Å². The van der Waals surface area contributed by atoms with Crippen molar-refractivity contribution in [3.63, 3.8) is 0 Å². The molecular formula is C37H58N3O2.